The van der Waals surface area contributed by atoms with E-state index >= 15 is 0 Å². The first-order valence-corrected chi connectivity index (χ1v) is 8.60. The summed E-state index contributed by atoms with van der Waals surface area (Å²) in [5.74, 6) is 1.02. The Morgan fingerprint density at radius 3 is 1.86 bits per heavy atom. The quantitative estimate of drug-likeness (QED) is 0.375. The number of nitrogens with zero attached hydrogens (tertiary/aromatic N) is 2. The molecule has 0 heterocycles. The first-order valence-electron chi connectivity index (χ1n) is 8.60. The van der Waals surface area contributed by atoms with E-state index in [0.717, 1.165) is 11.1 Å². The van der Waals surface area contributed by atoms with Gasteiger partial charge in [0.2, 0.25) is 6.10 Å². The molecule has 7 heteroatoms. The van der Waals surface area contributed by atoms with Crippen molar-refractivity contribution in [2.24, 2.45) is 5.16 Å². The summed E-state index contributed by atoms with van der Waals surface area (Å²) in [6.07, 6.45) is -0.610. The number of carbonyl (C=O) groups excluding carboxylic acids is 1. The van der Waals surface area contributed by atoms with Gasteiger partial charge in [0, 0.05) is 17.5 Å². The fourth-order valence-electron chi connectivity index (χ4n) is 2.38. The molecule has 0 amide bonds. The number of oxime groups is 1. The van der Waals surface area contributed by atoms with Crippen LogP contribution in [0.4, 0.5) is 0 Å². The van der Waals surface area contributed by atoms with Gasteiger partial charge in [-0.15, -0.1) is 0 Å². The van der Waals surface area contributed by atoms with Crippen LogP contribution in [0.5, 0.6) is 11.5 Å². The van der Waals surface area contributed by atoms with Gasteiger partial charge in [-0.3, -0.25) is 4.79 Å². The molecule has 0 saturated heterocycles. The largest absolute Gasteiger partial charge is 0.497 e. The van der Waals surface area contributed by atoms with Crippen molar-refractivity contribution in [2.45, 2.75) is 18.9 Å². The lowest BCUT2D eigenvalue weighted by Gasteiger charge is -2.11. The Bertz CT molecular complexity index is 789. The highest BCUT2D eigenvalue weighted by Gasteiger charge is 2.14. The zero-order valence-corrected chi connectivity index (χ0v) is 16.0. The molecule has 0 saturated carbocycles. The zero-order chi connectivity index (χ0) is 20.4. The molecule has 1 atom stereocenters. The maximum absolute atomic E-state index is 11.3. The first-order chi connectivity index (χ1) is 13.6. The second-order valence-corrected chi connectivity index (χ2v) is 5.73. The summed E-state index contributed by atoms with van der Waals surface area (Å²) in [6.45, 7) is 0. The maximum Gasteiger partial charge on any atom is 0.305 e. The van der Waals surface area contributed by atoms with Gasteiger partial charge in [0.05, 0.1) is 27.8 Å². The Morgan fingerprint density at radius 1 is 0.964 bits per heavy atom. The van der Waals surface area contributed by atoms with Gasteiger partial charge in [-0.05, 0) is 48.5 Å². The number of hydrogen-bond acceptors (Lipinski definition) is 7. The number of rotatable bonds is 9. The normalized spacial score (nSPS) is 10.9. The van der Waals surface area contributed by atoms with Gasteiger partial charge < -0.3 is 19.0 Å². The van der Waals surface area contributed by atoms with Crippen LogP contribution in [0.1, 0.15) is 24.0 Å². The van der Waals surface area contributed by atoms with Crippen molar-refractivity contribution in [2.75, 3.05) is 21.3 Å². The molecule has 0 aliphatic heterocycles. The Kier molecular flexibility index (Phi) is 7.85. The van der Waals surface area contributed by atoms with Crippen molar-refractivity contribution in [1.82, 2.24) is 0 Å². The number of ether oxygens (including phenoxy) is 3. The minimum atomic E-state index is -0.870. The number of benzene rings is 2. The molecule has 0 radical (unpaired) electrons. The third-order valence-electron chi connectivity index (χ3n) is 3.98. The lowest BCUT2D eigenvalue weighted by Crippen LogP contribution is -2.13. The van der Waals surface area contributed by atoms with Crippen molar-refractivity contribution in [3.63, 3.8) is 0 Å². The maximum atomic E-state index is 11.3. The molecule has 0 spiro atoms. The van der Waals surface area contributed by atoms with E-state index in [1.807, 2.05) is 54.6 Å². The lowest BCUT2D eigenvalue weighted by molar-refractivity contribution is -0.141. The third-order valence-corrected chi connectivity index (χ3v) is 3.98. The zero-order valence-electron chi connectivity index (χ0n) is 16.0. The minimum Gasteiger partial charge on any atom is -0.497 e. The molecule has 0 N–H and O–H groups in total. The van der Waals surface area contributed by atoms with Crippen LogP contribution in [0.2, 0.25) is 0 Å². The van der Waals surface area contributed by atoms with Gasteiger partial charge in [0.25, 0.3) is 0 Å². The summed E-state index contributed by atoms with van der Waals surface area (Å²) in [4.78, 5) is 16.7. The second-order valence-electron chi connectivity index (χ2n) is 5.73. The molecule has 0 bridgehead atoms. The van der Waals surface area contributed by atoms with Crippen LogP contribution >= 0.6 is 0 Å². The predicted octanol–water partition coefficient (Wildman–Crippen LogP) is 3.32. The van der Waals surface area contributed by atoms with Crippen LogP contribution in [-0.4, -0.2) is 39.1 Å². The molecule has 28 heavy (non-hydrogen) atoms. The second kappa shape index (κ2) is 10.6. The highest BCUT2D eigenvalue weighted by Crippen LogP contribution is 2.19. The van der Waals surface area contributed by atoms with E-state index in [1.165, 1.54) is 7.11 Å². The Labute approximate surface area is 164 Å². The van der Waals surface area contributed by atoms with Crippen LogP contribution in [0.25, 0.3) is 0 Å². The fraction of sp³-hybridized carbons (Fsp3) is 0.286. The molecule has 0 aliphatic carbocycles. The Morgan fingerprint density at radius 2 is 1.46 bits per heavy atom. The van der Waals surface area contributed by atoms with Crippen LogP contribution in [-0.2, 0) is 14.4 Å². The molecule has 0 aromatic heterocycles. The van der Waals surface area contributed by atoms with E-state index in [4.69, 9.17) is 14.3 Å². The molecule has 2 rings (SSSR count). The Balaban J connectivity index is 2.29. The van der Waals surface area contributed by atoms with E-state index in [0.29, 0.717) is 17.2 Å². The molecule has 2 aromatic carbocycles. The predicted molar refractivity (Wildman–Crippen MR) is 103 cm³/mol. The SMILES string of the molecule is COC(=O)CCC(C#N)ON=C(c1ccc(OC)cc1)c1ccc(OC)cc1. The molecular weight excluding hydrogens is 360 g/mol. The van der Waals surface area contributed by atoms with E-state index < -0.39 is 12.1 Å². The van der Waals surface area contributed by atoms with E-state index in [2.05, 4.69) is 9.89 Å². The van der Waals surface area contributed by atoms with Crippen LogP contribution < -0.4 is 9.47 Å². The van der Waals surface area contributed by atoms with Crippen molar-refractivity contribution in [1.29, 1.82) is 5.26 Å². The summed E-state index contributed by atoms with van der Waals surface area (Å²) in [7, 11) is 4.49. The first kappa shape index (κ1) is 20.8. The van der Waals surface area contributed by atoms with Gasteiger partial charge in [-0.2, -0.15) is 5.26 Å². The molecule has 1 unspecified atom stereocenters. The lowest BCUT2D eigenvalue weighted by atomic mass is 10.0. The smallest absolute Gasteiger partial charge is 0.305 e. The molecule has 0 aliphatic rings. The average Bonchev–Trinajstić information content (AvgIpc) is 2.76. The molecule has 0 fully saturated rings. The van der Waals surface area contributed by atoms with Crippen LogP contribution in [0, 0.1) is 11.3 Å². The molecule has 2 aromatic rings. The summed E-state index contributed by atoms with van der Waals surface area (Å²) in [6, 6.07) is 16.6. The minimum absolute atomic E-state index is 0.0741. The summed E-state index contributed by atoms with van der Waals surface area (Å²) in [5.41, 5.74) is 2.12. The highest BCUT2D eigenvalue weighted by atomic mass is 16.6. The third kappa shape index (κ3) is 5.74. The van der Waals surface area contributed by atoms with Gasteiger partial charge in [0.15, 0.2) is 0 Å². The summed E-state index contributed by atoms with van der Waals surface area (Å²) >= 11 is 0. The average molecular weight is 382 g/mol. The fourth-order valence-corrected chi connectivity index (χ4v) is 2.38. The molecule has 7 nitrogen and oxygen atoms in total. The van der Waals surface area contributed by atoms with Crippen molar-refractivity contribution in [3.05, 3.63) is 59.7 Å². The molecule has 146 valence electrons. The molecular formula is C21H22N2O5. The van der Waals surface area contributed by atoms with E-state index in [9.17, 15) is 10.1 Å². The van der Waals surface area contributed by atoms with Gasteiger partial charge >= 0.3 is 5.97 Å². The van der Waals surface area contributed by atoms with Crippen LogP contribution in [0.3, 0.4) is 0 Å². The standard InChI is InChI=1S/C21H22N2O5/c1-25-17-8-4-15(5-9-17)21(16-6-10-18(26-2)11-7-16)23-28-19(14-22)12-13-20(24)27-3/h4-11,19H,12-13H2,1-3H3. The van der Waals surface area contributed by atoms with E-state index in [-0.39, 0.29) is 12.8 Å². The number of methoxy groups -OCH3 is 3. The summed E-state index contributed by atoms with van der Waals surface area (Å²) in [5, 5.41) is 13.5. The van der Waals surface area contributed by atoms with Gasteiger partial charge in [-0.25, -0.2) is 0 Å². The van der Waals surface area contributed by atoms with Gasteiger partial charge in [0.1, 0.15) is 23.3 Å². The summed E-state index contributed by atoms with van der Waals surface area (Å²) < 4.78 is 15.0. The van der Waals surface area contributed by atoms with Crippen molar-refractivity contribution >= 4 is 11.7 Å². The van der Waals surface area contributed by atoms with Crippen molar-refractivity contribution in [3.8, 4) is 17.6 Å². The monoisotopic (exact) mass is 382 g/mol. The number of nitriles is 1. The van der Waals surface area contributed by atoms with Gasteiger partial charge in [-0.1, -0.05) is 5.16 Å². The number of carbonyl (C=O) groups is 1. The highest BCUT2D eigenvalue weighted by molar-refractivity contribution is 6.12. The topological polar surface area (TPSA) is 90.1 Å². The van der Waals surface area contributed by atoms with Crippen molar-refractivity contribution < 1.29 is 23.8 Å². The number of esters is 1. The Hall–Kier alpha value is -3.53. The van der Waals surface area contributed by atoms with Crippen LogP contribution in [0.15, 0.2) is 53.7 Å². The van der Waals surface area contributed by atoms with E-state index in [1.54, 1.807) is 14.2 Å². The number of hydrogen-bond donors (Lipinski definition) is 0.